The van der Waals surface area contributed by atoms with E-state index >= 15 is 0 Å². The first kappa shape index (κ1) is 29.1. The summed E-state index contributed by atoms with van der Waals surface area (Å²) in [6.45, 7) is 0. The van der Waals surface area contributed by atoms with Gasteiger partial charge in [-0.25, -0.2) is 0 Å². The zero-order valence-corrected chi connectivity index (χ0v) is 27.8. The maximum Gasteiger partial charge on any atom is 0.159 e. The van der Waals surface area contributed by atoms with Gasteiger partial charge in [-0.3, -0.25) is 0 Å². The number of anilines is 3. The molecule has 0 aliphatic rings. The minimum Gasteiger partial charge on any atom is -0.454 e. The van der Waals surface area contributed by atoms with E-state index in [9.17, 15) is 0 Å². The van der Waals surface area contributed by atoms with Crippen LogP contribution in [0.25, 0.3) is 71.7 Å². The molecule has 51 heavy (non-hydrogen) atoms. The predicted molar refractivity (Wildman–Crippen MR) is 214 cm³/mol. The number of nitrogens with zero attached hydrogens (tertiary/aromatic N) is 2. The molecular weight excluding hydrogens is 621 g/mol. The Labute approximate surface area is 295 Å². The molecule has 0 spiro atoms. The van der Waals surface area contributed by atoms with Gasteiger partial charge >= 0.3 is 0 Å². The number of para-hydroxylation sites is 6. The summed E-state index contributed by atoms with van der Waals surface area (Å²) in [7, 11) is 0. The first-order valence-electron chi connectivity index (χ1n) is 17.4. The van der Waals surface area contributed by atoms with Gasteiger partial charge in [0.15, 0.2) is 5.58 Å². The van der Waals surface area contributed by atoms with E-state index in [2.05, 4.69) is 191 Å². The van der Waals surface area contributed by atoms with Crippen LogP contribution < -0.4 is 4.90 Å². The molecule has 0 aliphatic carbocycles. The Bertz CT molecular complexity index is 2830. The lowest BCUT2D eigenvalue weighted by Crippen LogP contribution is -2.11. The molecule has 2 aromatic heterocycles. The van der Waals surface area contributed by atoms with Crippen molar-refractivity contribution in [3.63, 3.8) is 0 Å². The molecule has 3 heteroatoms. The van der Waals surface area contributed by atoms with Crippen LogP contribution in [-0.2, 0) is 0 Å². The Morgan fingerprint density at radius 3 is 1.76 bits per heavy atom. The smallest absolute Gasteiger partial charge is 0.159 e. The van der Waals surface area contributed by atoms with Gasteiger partial charge < -0.3 is 13.9 Å². The van der Waals surface area contributed by atoms with E-state index in [0.29, 0.717) is 0 Å². The average Bonchev–Trinajstić information content (AvgIpc) is 3.75. The van der Waals surface area contributed by atoms with Gasteiger partial charge in [-0.1, -0.05) is 133 Å². The van der Waals surface area contributed by atoms with Gasteiger partial charge in [0, 0.05) is 38.5 Å². The van der Waals surface area contributed by atoms with Crippen LogP contribution in [0.15, 0.2) is 199 Å². The first-order chi connectivity index (χ1) is 25.3. The van der Waals surface area contributed by atoms with Crippen molar-refractivity contribution in [3.8, 4) is 27.9 Å². The normalized spacial score (nSPS) is 11.5. The van der Waals surface area contributed by atoms with Crippen molar-refractivity contribution in [3.05, 3.63) is 194 Å². The fraction of sp³-hybridized carbons (Fsp3) is 0. The highest BCUT2D eigenvalue weighted by Crippen LogP contribution is 2.45. The van der Waals surface area contributed by atoms with Crippen molar-refractivity contribution in [2.45, 2.75) is 0 Å². The third-order valence-corrected chi connectivity index (χ3v) is 10.00. The van der Waals surface area contributed by atoms with Gasteiger partial charge in [0.25, 0.3) is 0 Å². The minimum atomic E-state index is 0.897. The molecule has 10 rings (SSSR count). The van der Waals surface area contributed by atoms with E-state index < -0.39 is 0 Å². The van der Waals surface area contributed by atoms with Gasteiger partial charge in [0.1, 0.15) is 5.58 Å². The molecule has 0 fully saturated rings. The molecule has 0 N–H and O–H groups in total. The second-order valence-electron chi connectivity index (χ2n) is 12.9. The van der Waals surface area contributed by atoms with E-state index in [4.69, 9.17) is 4.42 Å². The number of hydrogen-bond acceptors (Lipinski definition) is 2. The van der Waals surface area contributed by atoms with Crippen molar-refractivity contribution >= 4 is 60.8 Å². The van der Waals surface area contributed by atoms with Crippen molar-refractivity contribution in [2.75, 3.05) is 4.90 Å². The van der Waals surface area contributed by atoms with Crippen molar-refractivity contribution in [2.24, 2.45) is 0 Å². The van der Waals surface area contributed by atoms with Crippen molar-refractivity contribution in [1.29, 1.82) is 0 Å². The Kier molecular flexibility index (Phi) is 6.81. The fourth-order valence-electron chi connectivity index (χ4n) is 7.76. The van der Waals surface area contributed by atoms with Crippen LogP contribution in [0, 0.1) is 0 Å². The second kappa shape index (κ2) is 11.9. The average molecular weight is 653 g/mol. The molecule has 0 saturated heterocycles. The lowest BCUT2D eigenvalue weighted by Gasteiger charge is -2.28. The molecule has 0 aliphatic heterocycles. The molecule has 0 atom stereocenters. The quantitative estimate of drug-likeness (QED) is 0.178. The van der Waals surface area contributed by atoms with Gasteiger partial charge in [-0.2, -0.15) is 0 Å². The summed E-state index contributed by atoms with van der Waals surface area (Å²) in [6.07, 6.45) is 0. The number of fused-ring (bicyclic) bond motifs is 6. The molecule has 0 unspecified atom stereocenters. The highest BCUT2D eigenvalue weighted by Gasteiger charge is 2.21. The zero-order chi connectivity index (χ0) is 33.7. The minimum absolute atomic E-state index is 0.897. The molecule has 0 saturated carbocycles. The zero-order valence-electron chi connectivity index (χ0n) is 27.8. The lowest BCUT2D eigenvalue weighted by molar-refractivity contribution is 0.666. The molecule has 240 valence electrons. The summed E-state index contributed by atoms with van der Waals surface area (Å²) in [5.74, 6) is 0. The fourth-order valence-corrected chi connectivity index (χ4v) is 7.76. The predicted octanol–water partition coefficient (Wildman–Crippen LogP) is 13.5. The third kappa shape index (κ3) is 4.74. The maximum atomic E-state index is 6.53. The summed E-state index contributed by atoms with van der Waals surface area (Å²) in [4.78, 5) is 2.35. The molecule has 2 heterocycles. The molecule has 0 amide bonds. The van der Waals surface area contributed by atoms with Crippen LogP contribution in [0.1, 0.15) is 0 Å². The molecule has 10 aromatic rings. The standard InChI is InChI=1S/C48H32N2O/c1-3-16-34(17-4-1)49(35-18-5-2-6-19-35)43-26-12-9-22-38(43)37-21-8-7-20-36(37)33-30-31-45-42(32-33)39-23-10-13-27-44(39)50(45)46-28-15-25-41-40-24-11-14-29-47(40)51-48(41)46/h1-32H. The Hall–Kier alpha value is -6.84. The Morgan fingerprint density at radius 1 is 0.392 bits per heavy atom. The lowest BCUT2D eigenvalue weighted by atomic mass is 9.92. The topological polar surface area (TPSA) is 21.3 Å². The SMILES string of the molecule is c1ccc(N(c2ccccc2)c2ccccc2-c2ccccc2-c2ccc3c(c2)c2ccccc2n3-c2cccc3c2oc2ccccc23)cc1. The Balaban J connectivity index is 1.17. The van der Waals surface area contributed by atoms with E-state index in [1.54, 1.807) is 0 Å². The molecule has 3 nitrogen and oxygen atoms in total. The van der Waals surface area contributed by atoms with Crippen LogP contribution in [0.4, 0.5) is 17.1 Å². The number of benzene rings is 8. The largest absolute Gasteiger partial charge is 0.454 e. The summed E-state index contributed by atoms with van der Waals surface area (Å²) < 4.78 is 8.89. The van der Waals surface area contributed by atoms with Crippen molar-refractivity contribution < 1.29 is 4.42 Å². The van der Waals surface area contributed by atoms with Gasteiger partial charge in [-0.15, -0.1) is 0 Å². The number of hydrogen-bond donors (Lipinski definition) is 0. The van der Waals surface area contributed by atoms with Gasteiger partial charge in [0.2, 0.25) is 0 Å². The van der Waals surface area contributed by atoms with Gasteiger partial charge in [0.05, 0.1) is 22.4 Å². The molecule has 8 aromatic carbocycles. The number of aromatic nitrogens is 1. The highest BCUT2D eigenvalue weighted by atomic mass is 16.3. The monoisotopic (exact) mass is 652 g/mol. The molecule has 0 radical (unpaired) electrons. The van der Waals surface area contributed by atoms with E-state index in [1.165, 1.54) is 33.0 Å². The highest BCUT2D eigenvalue weighted by molar-refractivity contribution is 6.13. The van der Waals surface area contributed by atoms with E-state index in [-0.39, 0.29) is 0 Å². The van der Waals surface area contributed by atoms with E-state index in [0.717, 1.165) is 55.7 Å². The Morgan fingerprint density at radius 2 is 0.980 bits per heavy atom. The first-order valence-corrected chi connectivity index (χ1v) is 17.4. The second-order valence-corrected chi connectivity index (χ2v) is 12.9. The van der Waals surface area contributed by atoms with Crippen LogP contribution in [0.2, 0.25) is 0 Å². The summed E-state index contributed by atoms with van der Waals surface area (Å²) >= 11 is 0. The van der Waals surface area contributed by atoms with Crippen LogP contribution in [-0.4, -0.2) is 4.57 Å². The molecular formula is C48H32N2O. The number of rotatable bonds is 6. The molecule has 0 bridgehead atoms. The third-order valence-electron chi connectivity index (χ3n) is 10.00. The maximum absolute atomic E-state index is 6.53. The number of furan rings is 1. The van der Waals surface area contributed by atoms with Crippen LogP contribution >= 0.6 is 0 Å². The summed E-state index contributed by atoms with van der Waals surface area (Å²) in [5.41, 5.74) is 13.2. The van der Waals surface area contributed by atoms with E-state index in [1.807, 2.05) is 12.1 Å². The summed E-state index contributed by atoms with van der Waals surface area (Å²) in [5, 5.41) is 4.67. The van der Waals surface area contributed by atoms with Crippen LogP contribution in [0.5, 0.6) is 0 Å². The summed E-state index contributed by atoms with van der Waals surface area (Å²) in [6, 6.07) is 69.1. The van der Waals surface area contributed by atoms with Gasteiger partial charge in [-0.05, 0) is 77.4 Å². The van der Waals surface area contributed by atoms with Crippen molar-refractivity contribution in [1.82, 2.24) is 4.57 Å². The van der Waals surface area contributed by atoms with Crippen LogP contribution in [0.3, 0.4) is 0 Å².